The van der Waals surface area contributed by atoms with E-state index < -0.39 is 0 Å². The third kappa shape index (κ3) is 3.54. The summed E-state index contributed by atoms with van der Waals surface area (Å²) in [6.07, 6.45) is 0.430. The molecular formula is C18H16BrN3O2. The van der Waals surface area contributed by atoms with Gasteiger partial charge in [0.15, 0.2) is 0 Å². The smallest absolute Gasteiger partial charge is 0.256 e. The van der Waals surface area contributed by atoms with E-state index in [2.05, 4.69) is 31.8 Å². The van der Waals surface area contributed by atoms with Gasteiger partial charge in [-0.1, -0.05) is 31.2 Å². The van der Waals surface area contributed by atoms with Crippen LogP contribution in [-0.4, -0.2) is 17.5 Å². The monoisotopic (exact) mass is 385 g/mol. The SMILES string of the molecule is CC1CC(=O)NN=C1c1ccc(NC(=O)c2ccccc2Br)cc1. The Labute approximate surface area is 148 Å². The molecule has 6 heteroatoms. The Hall–Kier alpha value is -2.47. The molecule has 5 nitrogen and oxygen atoms in total. The summed E-state index contributed by atoms with van der Waals surface area (Å²) in [5.41, 5.74) is 5.57. The van der Waals surface area contributed by atoms with Crippen LogP contribution >= 0.6 is 15.9 Å². The molecule has 2 amide bonds. The second-order valence-electron chi connectivity index (χ2n) is 5.65. The third-order valence-corrected chi connectivity index (χ3v) is 4.51. The highest BCUT2D eigenvalue weighted by Gasteiger charge is 2.21. The molecule has 0 aliphatic carbocycles. The Morgan fingerprint density at radius 3 is 2.58 bits per heavy atom. The maximum absolute atomic E-state index is 12.3. The van der Waals surface area contributed by atoms with Gasteiger partial charge in [0.2, 0.25) is 5.91 Å². The number of hydrogen-bond acceptors (Lipinski definition) is 3. The molecule has 0 radical (unpaired) electrons. The van der Waals surface area contributed by atoms with Gasteiger partial charge in [0.1, 0.15) is 0 Å². The molecule has 1 aliphatic rings. The number of amides is 2. The maximum atomic E-state index is 12.3. The minimum absolute atomic E-state index is 0.0661. The first-order chi connectivity index (χ1) is 11.5. The van der Waals surface area contributed by atoms with Crippen LogP contribution in [0.5, 0.6) is 0 Å². The lowest BCUT2D eigenvalue weighted by atomic mass is 9.94. The van der Waals surface area contributed by atoms with Crippen molar-refractivity contribution in [3.05, 3.63) is 64.1 Å². The highest BCUT2D eigenvalue weighted by molar-refractivity contribution is 9.10. The molecule has 2 aromatic rings. The third-order valence-electron chi connectivity index (χ3n) is 3.82. The molecule has 0 aromatic heterocycles. The first-order valence-corrected chi connectivity index (χ1v) is 8.36. The number of hydrazone groups is 1. The summed E-state index contributed by atoms with van der Waals surface area (Å²) in [7, 11) is 0. The lowest BCUT2D eigenvalue weighted by Gasteiger charge is -2.19. The van der Waals surface area contributed by atoms with E-state index in [9.17, 15) is 9.59 Å². The van der Waals surface area contributed by atoms with Gasteiger partial charge in [0.25, 0.3) is 5.91 Å². The molecule has 0 bridgehead atoms. The number of carbonyl (C=O) groups is 2. The van der Waals surface area contributed by atoms with E-state index >= 15 is 0 Å². The van der Waals surface area contributed by atoms with Crippen molar-refractivity contribution in [1.82, 2.24) is 5.43 Å². The Morgan fingerprint density at radius 2 is 1.92 bits per heavy atom. The molecule has 1 unspecified atom stereocenters. The first kappa shape index (κ1) is 16.4. The summed E-state index contributed by atoms with van der Waals surface area (Å²) in [6.45, 7) is 1.97. The number of carbonyl (C=O) groups excluding carboxylic acids is 2. The zero-order chi connectivity index (χ0) is 17.1. The first-order valence-electron chi connectivity index (χ1n) is 7.57. The van der Waals surface area contributed by atoms with Crippen molar-refractivity contribution in [2.45, 2.75) is 13.3 Å². The largest absolute Gasteiger partial charge is 0.322 e. The standard InChI is InChI=1S/C18H16BrN3O2/c1-11-10-16(23)21-22-17(11)12-6-8-13(9-7-12)20-18(24)14-4-2-3-5-15(14)19/h2-9,11H,10H2,1H3,(H,20,24)(H,21,23). The van der Waals surface area contributed by atoms with Crippen LogP contribution in [0.25, 0.3) is 0 Å². The quantitative estimate of drug-likeness (QED) is 0.847. The Kier molecular flexibility index (Phi) is 4.76. The van der Waals surface area contributed by atoms with Crippen molar-refractivity contribution in [1.29, 1.82) is 0 Å². The summed E-state index contributed by atoms with van der Waals surface area (Å²) in [5.74, 6) is -0.172. The van der Waals surface area contributed by atoms with Gasteiger partial charge in [0, 0.05) is 22.5 Å². The van der Waals surface area contributed by atoms with E-state index in [-0.39, 0.29) is 17.7 Å². The molecule has 2 N–H and O–H groups in total. The zero-order valence-corrected chi connectivity index (χ0v) is 14.6. The second-order valence-corrected chi connectivity index (χ2v) is 6.50. The van der Waals surface area contributed by atoms with E-state index in [4.69, 9.17) is 0 Å². The van der Waals surface area contributed by atoms with Gasteiger partial charge in [-0.3, -0.25) is 9.59 Å². The van der Waals surface area contributed by atoms with Gasteiger partial charge < -0.3 is 5.32 Å². The van der Waals surface area contributed by atoms with Crippen molar-refractivity contribution in [3.63, 3.8) is 0 Å². The van der Waals surface area contributed by atoms with Crippen LogP contribution in [0.3, 0.4) is 0 Å². The number of anilines is 1. The lowest BCUT2D eigenvalue weighted by Crippen LogP contribution is -2.31. The number of halogens is 1. The number of benzene rings is 2. The van der Waals surface area contributed by atoms with Crippen molar-refractivity contribution >= 4 is 39.1 Å². The summed E-state index contributed by atoms with van der Waals surface area (Å²) in [5, 5.41) is 7.00. The summed E-state index contributed by atoms with van der Waals surface area (Å²) in [4.78, 5) is 23.6. The molecule has 1 atom stereocenters. The Balaban J connectivity index is 1.75. The van der Waals surface area contributed by atoms with Crippen molar-refractivity contribution in [2.75, 3.05) is 5.32 Å². The molecule has 0 spiro atoms. The fourth-order valence-corrected chi connectivity index (χ4v) is 3.04. The lowest BCUT2D eigenvalue weighted by molar-refractivity contribution is -0.121. The molecule has 24 heavy (non-hydrogen) atoms. The minimum atomic E-state index is -0.175. The fourth-order valence-electron chi connectivity index (χ4n) is 2.57. The summed E-state index contributed by atoms with van der Waals surface area (Å²) in [6, 6.07) is 14.7. The van der Waals surface area contributed by atoms with E-state index in [1.807, 2.05) is 49.4 Å². The number of nitrogens with one attached hydrogen (secondary N) is 2. The molecule has 0 saturated heterocycles. The van der Waals surface area contributed by atoms with Gasteiger partial charge in [0.05, 0.1) is 11.3 Å². The minimum Gasteiger partial charge on any atom is -0.322 e. The van der Waals surface area contributed by atoms with Crippen molar-refractivity contribution in [3.8, 4) is 0 Å². The topological polar surface area (TPSA) is 70.6 Å². The van der Waals surface area contributed by atoms with Crippen LogP contribution in [0.2, 0.25) is 0 Å². The number of hydrogen-bond donors (Lipinski definition) is 2. The van der Waals surface area contributed by atoms with E-state index in [1.54, 1.807) is 6.07 Å². The average Bonchev–Trinajstić information content (AvgIpc) is 2.56. The molecule has 0 fully saturated rings. The Bertz CT molecular complexity index is 815. The molecule has 2 aromatic carbocycles. The molecule has 1 heterocycles. The second kappa shape index (κ2) is 6.97. The Morgan fingerprint density at radius 1 is 1.21 bits per heavy atom. The summed E-state index contributed by atoms with van der Waals surface area (Å²) < 4.78 is 0.750. The highest BCUT2D eigenvalue weighted by atomic mass is 79.9. The van der Waals surface area contributed by atoms with Gasteiger partial charge >= 0.3 is 0 Å². The predicted octanol–water partition coefficient (Wildman–Crippen LogP) is 3.56. The normalized spacial score (nSPS) is 17.0. The fraction of sp³-hybridized carbons (Fsp3) is 0.167. The average molecular weight is 386 g/mol. The van der Waals surface area contributed by atoms with Gasteiger partial charge in [-0.25, -0.2) is 5.43 Å². The van der Waals surface area contributed by atoms with Crippen molar-refractivity contribution < 1.29 is 9.59 Å². The van der Waals surface area contributed by atoms with Gasteiger partial charge in [-0.2, -0.15) is 5.10 Å². The van der Waals surface area contributed by atoms with E-state index in [0.717, 1.165) is 15.7 Å². The van der Waals surface area contributed by atoms with Crippen LogP contribution in [0, 0.1) is 5.92 Å². The molecule has 122 valence electrons. The van der Waals surface area contributed by atoms with Crippen LogP contribution in [-0.2, 0) is 4.79 Å². The van der Waals surface area contributed by atoms with E-state index in [0.29, 0.717) is 17.7 Å². The van der Waals surface area contributed by atoms with Crippen LogP contribution in [0.1, 0.15) is 29.3 Å². The summed E-state index contributed by atoms with van der Waals surface area (Å²) >= 11 is 3.37. The predicted molar refractivity (Wildman–Crippen MR) is 97.0 cm³/mol. The van der Waals surface area contributed by atoms with Gasteiger partial charge in [-0.15, -0.1) is 0 Å². The molecule has 0 saturated carbocycles. The molecule has 3 rings (SSSR count). The van der Waals surface area contributed by atoms with Gasteiger partial charge in [-0.05, 0) is 45.8 Å². The number of rotatable bonds is 3. The van der Waals surface area contributed by atoms with Crippen molar-refractivity contribution in [2.24, 2.45) is 11.0 Å². The molecular weight excluding hydrogens is 370 g/mol. The van der Waals surface area contributed by atoms with Crippen LogP contribution in [0.4, 0.5) is 5.69 Å². The molecule has 1 aliphatic heterocycles. The highest BCUT2D eigenvalue weighted by Crippen LogP contribution is 2.20. The van der Waals surface area contributed by atoms with Crippen LogP contribution < -0.4 is 10.7 Å². The maximum Gasteiger partial charge on any atom is 0.256 e. The van der Waals surface area contributed by atoms with E-state index in [1.165, 1.54) is 0 Å². The van der Waals surface area contributed by atoms with Crippen LogP contribution in [0.15, 0.2) is 58.1 Å². The zero-order valence-electron chi connectivity index (χ0n) is 13.0. The number of nitrogens with zero attached hydrogens (tertiary/aromatic N) is 1.